The highest BCUT2D eigenvalue weighted by Crippen LogP contribution is 2.28. The lowest BCUT2D eigenvalue weighted by Gasteiger charge is -2.25. The lowest BCUT2D eigenvalue weighted by atomic mass is 10.0. The molecule has 1 atom stereocenters. The first-order valence-corrected chi connectivity index (χ1v) is 6.21. The van der Waals surface area contributed by atoms with Gasteiger partial charge in [0.1, 0.15) is 0 Å². The molecule has 0 aromatic rings. The Labute approximate surface area is 93.0 Å². The second-order valence-electron chi connectivity index (χ2n) is 4.59. The molecule has 3 heteroatoms. The van der Waals surface area contributed by atoms with Gasteiger partial charge >= 0.3 is 0 Å². The fourth-order valence-corrected chi connectivity index (χ4v) is 1.93. The zero-order valence-corrected chi connectivity index (χ0v) is 10.0. The number of carbonyl (C=O) groups excluding carboxylic acids is 1. The SMILES string of the molecule is CCCN(C(=O)C(C)CCCN)C1CC1. The number of amides is 1. The minimum Gasteiger partial charge on any atom is -0.339 e. The molecular weight excluding hydrogens is 188 g/mol. The Hall–Kier alpha value is -0.570. The minimum atomic E-state index is 0.153. The molecule has 1 aliphatic carbocycles. The van der Waals surface area contributed by atoms with E-state index in [0.717, 1.165) is 25.8 Å². The maximum absolute atomic E-state index is 12.1. The minimum absolute atomic E-state index is 0.153. The fourth-order valence-electron chi connectivity index (χ4n) is 1.93. The third kappa shape index (κ3) is 3.82. The van der Waals surface area contributed by atoms with Crippen LogP contribution < -0.4 is 5.73 Å². The van der Waals surface area contributed by atoms with Crippen molar-refractivity contribution in [3.63, 3.8) is 0 Å². The summed E-state index contributed by atoms with van der Waals surface area (Å²) in [6.07, 6.45) is 5.36. The van der Waals surface area contributed by atoms with Crippen molar-refractivity contribution in [2.24, 2.45) is 11.7 Å². The topological polar surface area (TPSA) is 46.3 Å². The Morgan fingerprint density at radius 3 is 2.67 bits per heavy atom. The van der Waals surface area contributed by atoms with Gasteiger partial charge in [0.25, 0.3) is 0 Å². The lowest BCUT2D eigenvalue weighted by molar-refractivity contribution is -0.135. The van der Waals surface area contributed by atoms with Gasteiger partial charge < -0.3 is 10.6 Å². The third-order valence-corrected chi connectivity index (χ3v) is 3.00. The average molecular weight is 212 g/mol. The molecule has 1 fully saturated rings. The number of nitrogens with two attached hydrogens (primary N) is 1. The van der Waals surface area contributed by atoms with Gasteiger partial charge in [-0.15, -0.1) is 0 Å². The predicted octanol–water partition coefficient (Wildman–Crippen LogP) is 1.76. The summed E-state index contributed by atoms with van der Waals surface area (Å²) in [7, 11) is 0. The van der Waals surface area contributed by atoms with E-state index in [9.17, 15) is 4.79 Å². The van der Waals surface area contributed by atoms with E-state index in [2.05, 4.69) is 11.8 Å². The standard InChI is InChI=1S/C12H24N2O/c1-3-9-14(11-6-7-11)12(15)10(2)5-4-8-13/h10-11H,3-9,13H2,1-2H3. The van der Waals surface area contributed by atoms with Gasteiger partial charge in [-0.1, -0.05) is 13.8 Å². The van der Waals surface area contributed by atoms with Crippen molar-refractivity contribution in [2.45, 2.75) is 52.0 Å². The number of carbonyl (C=O) groups is 1. The van der Waals surface area contributed by atoms with E-state index in [0.29, 0.717) is 18.5 Å². The van der Waals surface area contributed by atoms with Crippen LogP contribution in [0.2, 0.25) is 0 Å². The van der Waals surface area contributed by atoms with E-state index >= 15 is 0 Å². The zero-order valence-electron chi connectivity index (χ0n) is 10.0. The fraction of sp³-hybridized carbons (Fsp3) is 0.917. The number of nitrogens with zero attached hydrogens (tertiary/aromatic N) is 1. The van der Waals surface area contributed by atoms with Gasteiger partial charge in [0.2, 0.25) is 5.91 Å². The number of hydrogen-bond donors (Lipinski definition) is 1. The Bertz CT molecular complexity index is 202. The third-order valence-electron chi connectivity index (χ3n) is 3.00. The van der Waals surface area contributed by atoms with Gasteiger partial charge in [0.05, 0.1) is 0 Å². The molecule has 0 heterocycles. The van der Waals surface area contributed by atoms with Crippen LogP contribution in [-0.2, 0) is 4.79 Å². The molecule has 0 radical (unpaired) electrons. The molecule has 0 aromatic heterocycles. The lowest BCUT2D eigenvalue weighted by Crippen LogP contribution is -2.37. The van der Waals surface area contributed by atoms with Gasteiger partial charge in [0, 0.05) is 18.5 Å². The molecule has 88 valence electrons. The molecule has 1 aliphatic rings. The first kappa shape index (κ1) is 12.5. The van der Waals surface area contributed by atoms with Crippen molar-refractivity contribution in [3.8, 4) is 0 Å². The van der Waals surface area contributed by atoms with E-state index in [-0.39, 0.29) is 5.92 Å². The van der Waals surface area contributed by atoms with E-state index in [1.165, 1.54) is 12.8 Å². The monoisotopic (exact) mass is 212 g/mol. The second kappa shape index (κ2) is 6.11. The van der Waals surface area contributed by atoms with Crippen LogP contribution in [0.15, 0.2) is 0 Å². The average Bonchev–Trinajstić information content (AvgIpc) is 3.05. The second-order valence-corrected chi connectivity index (χ2v) is 4.59. The van der Waals surface area contributed by atoms with E-state index in [1.54, 1.807) is 0 Å². The van der Waals surface area contributed by atoms with Gasteiger partial charge in [0.15, 0.2) is 0 Å². The molecular formula is C12H24N2O. The zero-order chi connectivity index (χ0) is 11.3. The Morgan fingerprint density at radius 1 is 1.53 bits per heavy atom. The van der Waals surface area contributed by atoms with Gasteiger partial charge in [-0.25, -0.2) is 0 Å². The molecule has 1 unspecified atom stereocenters. The summed E-state index contributed by atoms with van der Waals surface area (Å²) in [5.74, 6) is 0.494. The van der Waals surface area contributed by atoms with Crippen LogP contribution in [0.3, 0.4) is 0 Å². The molecule has 0 saturated heterocycles. The van der Waals surface area contributed by atoms with Crippen LogP contribution in [0.4, 0.5) is 0 Å². The molecule has 0 aromatic carbocycles. The van der Waals surface area contributed by atoms with E-state index in [4.69, 9.17) is 5.73 Å². The maximum atomic E-state index is 12.1. The molecule has 3 nitrogen and oxygen atoms in total. The Kier molecular flexibility index (Phi) is 5.09. The highest BCUT2D eigenvalue weighted by atomic mass is 16.2. The highest BCUT2D eigenvalue weighted by molar-refractivity contribution is 5.79. The van der Waals surface area contributed by atoms with Crippen LogP contribution >= 0.6 is 0 Å². The highest BCUT2D eigenvalue weighted by Gasteiger charge is 2.33. The van der Waals surface area contributed by atoms with Crippen molar-refractivity contribution in [1.29, 1.82) is 0 Å². The maximum Gasteiger partial charge on any atom is 0.225 e. The molecule has 15 heavy (non-hydrogen) atoms. The van der Waals surface area contributed by atoms with Gasteiger partial charge in [-0.05, 0) is 38.6 Å². The number of rotatable bonds is 7. The summed E-state index contributed by atoms with van der Waals surface area (Å²) in [5.41, 5.74) is 5.46. The summed E-state index contributed by atoms with van der Waals surface area (Å²) >= 11 is 0. The van der Waals surface area contributed by atoms with Crippen LogP contribution in [0.1, 0.15) is 46.0 Å². The summed E-state index contributed by atoms with van der Waals surface area (Å²) in [4.78, 5) is 14.2. The van der Waals surface area contributed by atoms with Crippen molar-refractivity contribution in [3.05, 3.63) is 0 Å². The van der Waals surface area contributed by atoms with Gasteiger partial charge in [-0.3, -0.25) is 4.79 Å². The van der Waals surface area contributed by atoms with Crippen LogP contribution in [0.5, 0.6) is 0 Å². The molecule has 2 N–H and O–H groups in total. The van der Waals surface area contributed by atoms with E-state index in [1.807, 2.05) is 6.92 Å². The molecule has 0 bridgehead atoms. The van der Waals surface area contributed by atoms with Gasteiger partial charge in [-0.2, -0.15) is 0 Å². The first-order valence-electron chi connectivity index (χ1n) is 6.21. The summed E-state index contributed by atoms with van der Waals surface area (Å²) in [6.45, 7) is 5.78. The molecule has 1 amide bonds. The Morgan fingerprint density at radius 2 is 2.20 bits per heavy atom. The summed E-state index contributed by atoms with van der Waals surface area (Å²) in [5, 5.41) is 0. The van der Waals surface area contributed by atoms with Crippen LogP contribution in [0, 0.1) is 5.92 Å². The van der Waals surface area contributed by atoms with Crippen molar-refractivity contribution in [1.82, 2.24) is 4.90 Å². The molecule has 1 rings (SSSR count). The van der Waals surface area contributed by atoms with Crippen LogP contribution in [0.25, 0.3) is 0 Å². The molecule has 0 spiro atoms. The van der Waals surface area contributed by atoms with Crippen molar-refractivity contribution >= 4 is 5.91 Å². The largest absolute Gasteiger partial charge is 0.339 e. The predicted molar refractivity (Wildman–Crippen MR) is 62.5 cm³/mol. The van der Waals surface area contributed by atoms with Crippen molar-refractivity contribution < 1.29 is 4.79 Å². The number of hydrogen-bond acceptors (Lipinski definition) is 2. The Balaban J connectivity index is 2.39. The summed E-state index contributed by atoms with van der Waals surface area (Å²) in [6, 6.07) is 0.553. The van der Waals surface area contributed by atoms with Crippen molar-refractivity contribution in [2.75, 3.05) is 13.1 Å². The van der Waals surface area contributed by atoms with E-state index < -0.39 is 0 Å². The molecule has 1 saturated carbocycles. The summed E-state index contributed by atoms with van der Waals surface area (Å²) < 4.78 is 0. The normalized spacial score (nSPS) is 17.5. The quantitative estimate of drug-likeness (QED) is 0.699. The molecule has 0 aliphatic heterocycles. The van der Waals surface area contributed by atoms with Crippen LogP contribution in [-0.4, -0.2) is 29.9 Å². The first-order chi connectivity index (χ1) is 7.20. The smallest absolute Gasteiger partial charge is 0.225 e.